The van der Waals surface area contributed by atoms with E-state index in [2.05, 4.69) is 10.1 Å². The molecule has 1 aromatic carbocycles. The van der Waals surface area contributed by atoms with Gasteiger partial charge in [0.05, 0.1) is 11.9 Å². The SMILES string of the molecule is CCn1nc(C)c(Cc2ccncc2F)c1Sc1cc(Cl)cc(Cl)c1. The van der Waals surface area contributed by atoms with Crippen LogP contribution in [0.15, 0.2) is 46.6 Å². The van der Waals surface area contributed by atoms with Crippen molar-refractivity contribution in [3.05, 3.63) is 69.3 Å². The Balaban J connectivity index is 2.01. The van der Waals surface area contributed by atoms with Crippen LogP contribution in [0.3, 0.4) is 0 Å². The van der Waals surface area contributed by atoms with Crippen molar-refractivity contribution in [3.63, 3.8) is 0 Å². The Morgan fingerprint density at radius 3 is 2.56 bits per heavy atom. The minimum atomic E-state index is -0.312. The molecule has 7 heteroatoms. The van der Waals surface area contributed by atoms with Gasteiger partial charge in [0.15, 0.2) is 0 Å². The van der Waals surface area contributed by atoms with Crippen LogP contribution in [-0.2, 0) is 13.0 Å². The fraction of sp³-hybridized carbons (Fsp3) is 0.222. The van der Waals surface area contributed by atoms with E-state index in [9.17, 15) is 4.39 Å². The maximum Gasteiger partial charge on any atom is 0.145 e. The van der Waals surface area contributed by atoms with E-state index in [1.807, 2.05) is 30.7 Å². The van der Waals surface area contributed by atoms with Gasteiger partial charge >= 0.3 is 0 Å². The van der Waals surface area contributed by atoms with Crippen molar-refractivity contribution in [2.24, 2.45) is 0 Å². The molecule has 0 N–H and O–H groups in total. The second kappa shape index (κ2) is 7.77. The van der Waals surface area contributed by atoms with Crippen LogP contribution >= 0.6 is 35.0 Å². The molecule has 0 radical (unpaired) electrons. The monoisotopic (exact) mass is 395 g/mol. The molecule has 0 aliphatic carbocycles. The zero-order valence-corrected chi connectivity index (χ0v) is 16.1. The first kappa shape index (κ1) is 18.2. The number of pyridine rings is 1. The van der Waals surface area contributed by atoms with Gasteiger partial charge in [-0.1, -0.05) is 35.0 Å². The Bertz CT molecular complexity index is 891. The lowest BCUT2D eigenvalue weighted by Crippen LogP contribution is -2.00. The third-order valence-electron chi connectivity index (χ3n) is 3.77. The van der Waals surface area contributed by atoms with E-state index in [1.165, 1.54) is 18.0 Å². The van der Waals surface area contributed by atoms with Gasteiger partial charge < -0.3 is 0 Å². The van der Waals surface area contributed by atoms with Gasteiger partial charge in [0.1, 0.15) is 10.8 Å². The zero-order valence-electron chi connectivity index (χ0n) is 13.8. The lowest BCUT2D eigenvalue weighted by molar-refractivity contribution is 0.595. The van der Waals surface area contributed by atoms with E-state index < -0.39 is 0 Å². The van der Waals surface area contributed by atoms with E-state index in [0.717, 1.165) is 27.7 Å². The zero-order chi connectivity index (χ0) is 18.0. The van der Waals surface area contributed by atoms with Crippen LogP contribution in [0.25, 0.3) is 0 Å². The first-order valence-electron chi connectivity index (χ1n) is 7.76. The highest BCUT2D eigenvalue weighted by atomic mass is 35.5. The van der Waals surface area contributed by atoms with Crippen molar-refractivity contribution < 1.29 is 4.39 Å². The number of aromatic nitrogens is 3. The van der Waals surface area contributed by atoms with E-state index in [1.54, 1.807) is 18.3 Å². The van der Waals surface area contributed by atoms with Crippen molar-refractivity contribution in [2.75, 3.05) is 0 Å². The molecule has 0 aliphatic rings. The minimum Gasteiger partial charge on any atom is -0.262 e. The molecule has 0 spiro atoms. The minimum absolute atomic E-state index is 0.312. The molecule has 2 aromatic heterocycles. The fourth-order valence-electron chi connectivity index (χ4n) is 2.57. The Hall–Kier alpha value is -1.56. The molecule has 130 valence electrons. The largest absolute Gasteiger partial charge is 0.262 e. The molecule has 3 nitrogen and oxygen atoms in total. The molecule has 0 fully saturated rings. The van der Waals surface area contributed by atoms with Gasteiger partial charge in [-0.25, -0.2) is 4.39 Å². The number of halogens is 3. The predicted octanol–water partition coefficient (Wildman–Crippen LogP) is 5.79. The third kappa shape index (κ3) is 4.17. The summed E-state index contributed by atoms with van der Waals surface area (Å²) >= 11 is 13.8. The van der Waals surface area contributed by atoms with E-state index in [0.29, 0.717) is 22.0 Å². The van der Waals surface area contributed by atoms with Crippen molar-refractivity contribution in [1.29, 1.82) is 0 Å². The van der Waals surface area contributed by atoms with Crippen molar-refractivity contribution in [1.82, 2.24) is 14.8 Å². The summed E-state index contributed by atoms with van der Waals surface area (Å²) in [5.74, 6) is -0.312. The summed E-state index contributed by atoms with van der Waals surface area (Å²) in [4.78, 5) is 4.73. The third-order valence-corrected chi connectivity index (χ3v) is 5.33. The second-order valence-electron chi connectivity index (χ2n) is 5.54. The number of rotatable bonds is 5. The lowest BCUT2D eigenvalue weighted by atomic mass is 10.1. The molecule has 0 unspecified atom stereocenters. The molecule has 3 rings (SSSR count). The van der Waals surface area contributed by atoms with Crippen LogP contribution in [0.5, 0.6) is 0 Å². The average molecular weight is 396 g/mol. The topological polar surface area (TPSA) is 30.7 Å². The van der Waals surface area contributed by atoms with Crippen molar-refractivity contribution in [2.45, 2.75) is 36.7 Å². The second-order valence-corrected chi connectivity index (χ2v) is 7.47. The van der Waals surface area contributed by atoms with Gasteiger partial charge in [0.2, 0.25) is 0 Å². The molecule has 0 saturated heterocycles. The number of hydrogen-bond donors (Lipinski definition) is 0. The molecule has 0 atom stereocenters. The fourth-order valence-corrected chi connectivity index (χ4v) is 4.44. The highest BCUT2D eigenvalue weighted by molar-refractivity contribution is 7.99. The molecular formula is C18H16Cl2FN3S. The van der Waals surface area contributed by atoms with Gasteiger partial charge in [-0.15, -0.1) is 0 Å². The van der Waals surface area contributed by atoms with E-state index >= 15 is 0 Å². The summed E-state index contributed by atoms with van der Waals surface area (Å²) in [6.45, 7) is 4.68. The van der Waals surface area contributed by atoms with Crippen LogP contribution < -0.4 is 0 Å². The summed E-state index contributed by atoms with van der Waals surface area (Å²) < 4.78 is 15.9. The molecule has 25 heavy (non-hydrogen) atoms. The van der Waals surface area contributed by atoms with E-state index in [4.69, 9.17) is 23.2 Å². The van der Waals surface area contributed by atoms with Gasteiger partial charge in [-0.2, -0.15) is 5.10 Å². The summed E-state index contributed by atoms with van der Waals surface area (Å²) in [5.41, 5.74) is 2.47. The maximum atomic E-state index is 14.0. The summed E-state index contributed by atoms with van der Waals surface area (Å²) in [5, 5.41) is 6.71. The molecule has 0 aliphatic heterocycles. The number of aryl methyl sites for hydroxylation is 2. The summed E-state index contributed by atoms with van der Waals surface area (Å²) in [6.07, 6.45) is 3.29. The van der Waals surface area contributed by atoms with Crippen molar-refractivity contribution >= 4 is 35.0 Å². The molecule has 3 aromatic rings. The average Bonchev–Trinajstić information content (AvgIpc) is 2.84. The van der Waals surface area contributed by atoms with Gasteiger partial charge in [0.25, 0.3) is 0 Å². The van der Waals surface area contributed by atoms with Gasteiger partial charge in [-0.05, 0) is 43.7 Å². The standard InChI is InChI=1S/C18H16Cl2FN3S/c1-3-24-18(25-15-8-13(19)7-14(20)9-15)16(11(2)23-24)6-12-4-5-22-10-17(12)21/h4-5,7-10H,3,6H2,1-2H3. The maximum absolute atomic E-state index is 14.0. The Morgan fingerprint density at radius 1 is 1.20 bits per heavy atom. The summed E-state index contributed by atoms with van der Waals surface area (Å²) in [7, 11) is 0. The first-order valence-corrected chi connectivity index (χ1v) is 9.33. The lowest BCUT2D eigenvalue weighted by Gasteiger charge is -2.09. The van der Waals surface area contributed by atoms with Crippen molar-refractivity contribution in [3.8, 4) is 0 Å². The molecule has 0 saturated carbocycles. The molecule has 0 bridgehead atoms. The van der Waals surface area contributed by atoms with Crippen LogP contribution in [0, 0.1) is 12.7 Å². The Morgan fingerprint density at radius 2 is 1.92 bits per heavy atom. The molecule has 2 heterocycles. The Kier molecular flexibility index (Phi) is 5.67. The highest BCUT2D eigenvalue weighted by Gasteiger charge is 2.18. The van der Waals surface area contributed by atoms with Crippen LogP contribution in [-0.4, -0.2) is 14.8 Å². The normalized spacial score (nSPS) is 11.1. The predicted molar refractivity (Wildman–Crippen MR) is 100 cm³/mol. The smallest absolute Gasteiger partial charge is 0.145 e. The Labute approximate surface area is 160 Å². The molecule has 0 amide bonds. The van der Waals surface area contributed by atoms with Crippen LogP contribution in [0.1, 0.15) is 23.7 Å². The van der Waals surface area contributed by atoms with Gasteiger partial charge in [0, 0.05) is 39.7 Å². The van der Waals surface area contributed by atoms with Crippen LogP contribution in [0.2, 0.25) is 10.0 Å². The quantitative estimate of drug-likeness (QED) is 0.547. The van der Waals surface area contributed by atoms with Gasteiger partial charge in [-0.3, -0.25) is 9.67 Å². The van der Waals surface area contributed by atoms with Crippen LogP contribution in [0.4, 0.5) is 4.39 Å². The first-order chi connectivity index (χ1) is 12.0. The van der Waals surface area contributed by atoms with E-state index in [-0.39, 0.29) is 5.82 Å². The number of hydrogen-bond acceptors (Lipinski definition) is 3. The highest BCUT2D eigenvalue weighted by Crippen LogP contribution is 2.36. The molecular weight excluding hydrogens is 380 g/mol. The number of benzene rings is 1. The number of nitrogens with zero attached hydrogens (tertiary/aromatic N) is 3. The summed E-state index contributed by atoms with van der Waals surface area (Å²) in [6, 6.07) is 7.11.